The first-order valence-corrected chi connectivity index (χ1v) is 8.30. The zero-order chi connectivity index (χ0) is 16.6. The molecule has 0 saturated heterocycles. The molecule has 0 unspecified atom stereocenters. The van der Waals surface area contributed by atoms with Crippen molar-refractivity contribution in [3.8, 4) is 17.6 Å². The van der Waals surface area contributed by atoms with E-state index in [1.807, 2.05) is 0 Å². The SMILES string of the molecule is CC(=O)Nc1cccc(OCC#CCNS(=O)(=O)C(C)C)c1. The number of amides is 1. The molecule has 0 aromatic heterocycles. The molecule has 0 aliphatic rings. The Bertz CT molecular complexity index is 672. The van der Waals surface area contributed by atoms with Gasteiger partial charge in [-0.2, -0.15) is 0 Å². The summed E-state index contributed by atoms with van der Waals surface area (Å²) in [6.07, 6.45) is 0. The van der Waals surface area contributed by atoms with E-state index in [-0.39, 0.29) is 19.1 Å². The Kier molecular flexibility index (Phi) is 6.89. The lowest BCUT2D eigenvalue weighted by Gasteiger charge is -2.06. The van der Waals surface area contributed by atoms with E-state index in [9.17, 15) is 13.2 Å². The number of benzene rings is 1. The monoisotopic (exact) mass is 324 g/mol. The molecule has 120 valence electrons. The van der Waals surface area contributed by atoms with Crippen molar-refractivity contribution in [1.82, 2.24) is 4.72 Å². The number of anilines is 1. The molecule has 2 N–H and O–H groups in total. The fourth-order valence-electron chi connectivity index (χ4n) is 1.40. The van der Waals surface area contributed by atoms with Gasteiger partial charge in [-0.15, -0.1) is 0 Å². The van der Waals surface area contributed by atoms with Crippen molar-refractivity contribution in [1.29, 1.82) is 0 Å². The molecule has 1 aromatic rings. The second-order valence-corrected chi connectivity index (χ2v) is 7.09. The fourth-order valence-corrected chi connectivity index (χ4v) is 2.01. The van der Waals surface area contributed by atoms with Gasteiger partial charge in [-0.3, -0.25) is 4.79 Å². The minimum atomic E-state index is -3.29. The quantitative estimate of drug-likeness (QED) is 0.774. The molecule has 0 aliphatic heterocycles. The Morgan fingerprint density at radius 2 is 2.05 bits per heavy atom. The van der Waals surface area contributed by atoms with E-state index in [1.165, 1.54) is 6.92 Å². The van der Waals surface area contributed by atoms with E-state index < -0.39 is 15.3 Å². The average molecular weight is 324 g/mol. The Morgan fingerprint density at radius 3 is 2.68 bits per heavy atom. The molecule has 1 aromatic carbocycles. The van der Waals surface area contributed by atoms with E-state index in [2.05, 4.69) is 21.9 Å². The van der Waals surface area contributed by atoms with Crippen LogP contribution < -0.4 is 14.8 Å². The number of hydrogen-bond acceptors (Lipinski definition) is 4. The number of carbonyl (C=O) groups excluding carboxylic acids is 1. The Morgan fingerprint density at radius 1 is 1.32 bits per heavy atom. The van der Waals surface area contributed by atoms with Crippen molar-refractivity contribution in [2.24, 2.45) is 0 Å². The molecule has 0 fully saturated rings. The molecule has 0 radical (unpaired) electrons. The van der Waals surface area contributed by atoms with Crippen LogP contribution >= 0.6 is 0 Å². The highest BCUT2D eigenvalue weighted by Crippen LogP contribution is 2.16. The van der Waals surface area contributed by atoms with Crippen LogP contribution in [0.5, 0.6) is 5.75 Å². The normalized spacial score (nSPS) is 10.7. The van der Waals surface area contributed by atoms with Gasteiger partial charge in [0.1, 0.15) is 12.4 Å². The summed E-state index contributed by atoms with van der Waals surface area (Å²) in [7, 11) is -3.29. The van der Waals surface area contributed by atoms with Gasteiger partial charge in [0, 0.05) is 18.7 Å². The van der Waals surface area contributed by atoms with Gasteiger partial charge in [0.25, 0.3) is 0 Å². The molecule has 0 aliphatic carbocycles. The number of rotatable bonds is 6. The lowest BCUT2D eigenvalue weighted by molar-refractivity contribution is -0.114. The second kappa shape index (κ2) is 8.41. The third-order valence-corrected chi connectivity index (χ3v) is 4.36. The summed E-state index contributed by atoms with van der Waals surface area (Å²) < 4.78 is 30.7. The summed E-state index contributed by atoms with van der Waals surface area (Å²) in [5, 5.41) is 2.17. The molecule has 0 spiro atoms. The number of sulfonamides is 1. The van der Waals surface area contributed by atoms with Gasteiger partial charge in [0.05, 0.1) is 11.8 Å². The predicted octanol–water partition coefficient (Wildman–Crippen LogP) is 1.35. The number of nitrogens with one attached hydrogen (secondary N) is 2. The van der Waals surface area contributed by atoms with Crippen molar-refractivity contribution < 1.29 is 17.9 Å². The summed E-state index contributed by atoms with van der Waals surface area (Å²) in [6, 6.07) is 6.93. The molecule has 6 nitrogen and oxygen atoms in total. The van der Waals surface area contributed by atoms with Gasteiger partial charge in [-0.05, 0) is 26.0 Å². The molecule has 1 amide bonds. The van der Waals surface area contributed by atoms with Crippen molar-refractivity contribution in [2.45, 2.75) is 26.0 Å². The highest BCUT2D eigenvalue weighted by atomic mass is 32.2. The minimum absolute atomic E-state index is 0.0514. The van der Waals surface area contributed by atoms with Crippen LogP contribution in [-0.2, 0) is 14.8 Å². The van der Waals surface area contributed by atoms with Crippen LogP contribution in [0.4, 0.5) is 5.69 Å². The van der Waals surface area contributed by atoms with E-state index in [1.54, 1.807) is 38.1 Å². The van der Waals surface area contributed by atoms with E-state index in [0.717, 1.165) is 0 Å². The van der Waals surface area contributed by atoms with Crippen molar-refractivity contribution in [3.05, 3.63) is 24.3 Å². The first kappa shape index (κ1) is 18.0. The third kappa shape index (κ3) is 6.61. The highest BCUT2D eigenvalue weighted by Gasteiger charge is 2.13. The maximum Gasteiger partial charge on any atom is 0.221 e. The predicted molar refractivity (Wildman–Crippen MR) is 86.1 cm³/mol. The summed E-state index contributed by atoms with van der Waals surface area (Å²) >= 11 is 0. The first-order chi connectivity index (χ1) is 10.3. The maximum atomic E-state index is 11.5. The molecule has 0 bridgehead atoms. The van der Waals surface area contributed by atoms with Gasteiger partial charge < -0.3 is 10.1 Å². The molecule has 0 heterocycles. The summed E-state index contributed by atoms with van der Waals surface area (Å²) in [5.41, 5.74) is 0.641. The average Bonchev–Trinajstić information content (AvgIpc) is 2.42. The van der Waals surface area contributed by atoms with Crippen molar-refractivity contribution >= 4 is 21.6 Å². The molecule has 0 atom stereocenters. The minimum Gasteiger partial charge on any atom is -0.481 e. The zero-order valence-electron chi connectivity index (χ0n) is 12.8. The highest BCUT2D eigenvalue weighted by molar-refractivity contribution is 7.90. The van der Waals surface area contributed by atoms with Gasteiger partial charge in [-0.25, -0.2) is 13.1 Å². The van der Waals surface area contributed by atoms with Crippen LogP contribution in [0, 0.1) is 11.8 Å². The van der Waals surface area contributed by atoms with Crippen molar-refractivity contribution in [2.75, 3.05) is 18.5 Å². The largest absolute Gasteiger partial charge is 0.481 e. The van der Waals surface area contributed by atoms with E-state index in [4.69, 9.17) is 4.74 Å². The van der Waals surface area contributed by atoms with Gasteiger partial charge in [-0.1, -0.05) is 17.9 Å². The molecule has 1 rings (SSSR count). The lowest BCUT2D eigenvalue weighted by atomic mass is 10.3. The standard InChI is InChI=1S/C15H20N2O4S/c1-12(2)22(19,20)16-9-4-5-10-21-15-8-6-7-14(11-15)17-13(3)18/h6-8,11-12,16H,9-10H2,1-3H3,(H,17,18). The summed E-state index contributed by atoms with van der Waals surface area (Å²) in [4.78, 5) is 11.0. The fraction of sp³-hybridized carbons (Fsp3) is 0.400. The van der Waals surface area contributed by atoms with E-state index in [0.29, 0.717) is 11.4 Å². The maximum absolute atomic E-state index is 11.5. The Labute approximate surface area is 131 Å². The third-order valence-electron chi connectivity index (χ3n) is 2.57. The van der Waals surface area contributed by atoms with Gasteiger partial charge >= 0.3 is 0 Å². The summed E-state index contributed by atoms with van der Waals surface area (Å²) in [5.74, 6) is 5.81. The van der Waals surface area contributed by atoms with Crippen LogP contribution in [-0.4, -0.2) is 32.7 Å². The first-order valence-electron chi connectivity index (χ1n) is 6.76. The van der Waals surface area contributed by atoms with Crippen molar-refractivity contribution in [3.63, 3.8) is 0 Å². The summed E-state index contributed by atoms with van der Waals surface area (Å²) in [6.45, 7) is 4.81. The van der Waals surface area contributed by atoms with Crippen LogP contribution in [0.3, 0.4) is 0 Å². The van der Waals surface area contributed by atoms with Crippen LogP contribution in [0.15, 0.2) is 24.3 Å². The van der Waals surface area contributed by atoms with Crippen LogP contribution in [0.25, 0.3) is 0 Å². The molecular weight excluding hydrogens is 304 g/mol. The zero-order valence-corrected chi connectivity index (χ0v) is 13.7. The second-order valence-electron chi connectivity index (χ2n) is 4.77. The molecule has 22 heavy (non-hydrogen) atoms. The van der Waals surface area contributed by atoms with Crippen LogP contribution in [0.1, 0.15) is 20.8 Å². The molecule has 7 heteroatoms. The van der Waals surface area contributed by atoms with Gasteiger partial charge in [0.15, 0.2) is 0 Å². The Hall–Kier alpha value is -2.04. The number of carbonyl (C=O) groups is 1. The topological polar surface area (TPSA) is 84.5 Å². The number of ether oxygens (including phenoxy) is 1. The lowest BCUT2D eigenvalue weighted by Crippen LogP contribution is -2.31. The number of hydrogen-bond donors (Lipinski definition) is 2. The smallest absolute Gasteiger partial charge is 0.221 e. The van der Waals surface area contributed by atoms with Crippen LogP contribution in [0.2, 0.25) is 0 Å². The molecular formula is C15H20N2O4S. The van der Waals surface area contributed by atoms with E-state index >= 15 is 0 Å². The molecule has 0 saturated carbocycles. The Balaban J connectivity index is 2.42. The van der Waals surface area contributed by atoms with Gasteiger partial charge in [0.2, 0.25) is 15.9 Å².